The number of nitrogens with one attached hydrogen (secondary N) is 1. The number of methoxy groups -OCH3 is 1. The van der Waals surface area contributed by atoms with E-state index in [9.17, 15) is 4.79 Å². The number of hydrogen-bond acceptors (Lipinski definition) is 2. The van der Waals surface area contributed by atoms with E-state index in [1.165, 1.54) is 5.56 Å². The van der Waals surface area contributed by atoms with Crippen LogP contribution >= 0.6 is 0 Å². The van der Waals surface area contributed by atoms with Gasteiger partial charge in [-0.25, -0.2) is 0 Å². The summed E-state index contributed by atoms with van der Waals surface area (Å²) in [4.78, 5) is 17.7. The van der Waals surface area contributed by atoms with Gasteiger partial charge in [0.2, 0.25) is 0 Å². The Bertz CT molecular complexity index is 658. The average molecular weight is 286 g/mol. The van der Waals surface area contributed by atoms with Crippen LogP contribution in [0.5, 0.6) is 0 Å². The fourth-order valence-electron chi connectivity index (χ4n) is 2.41. The highest BCUT2D eigenvalue weighted by Gasteiger charge is 2.15. The Morgan fingerprint density at radius 3 is 2.86 bits per heavy atom. The number of nitrogens with zero attached hydrogens (tertiary/aromatic N) is 1. The normalized spacial score (nSPS) is 10.8. The van der Waals surface area contributed by atoms with Crippen molar-refractivity contribution in [1.29, 1.82) is 0 Å². The van der Waals surface area contributed by atoms with Gasteiger partial charge in [-0.1, -0.05) is 6.08 Å². The predicted octanol–water partition coefficient (Wildman–Crippen LogP) is 3.06. The van der Waals surface area contributed by atoms with E-state index in [0.29, 0.717) is 25.3 Å². The van der Waals surface area contributed by atoms with Crippen molar-refractivity contribution >= 4 is 16.8 Å². The van der Waals surface area contributed by atoms with Crippen molar-refractivity contribution in [2.75, 3.05) is 26.8 Å². The van der Waals surface area contributed by atoms with E-state index in [1.54, 1.807) is 18.1 Å². The van der Waals surface area contributed by atoms with E-state index < -0.39 is 0 Å². The largest absolute Gasteiger partial charge is 0.383 e. The minimum atomic E-state index is 0.00658. The van der Waals surface area contributed by atoms with Gasteiger partial charge in [0.1, 0.15) is 0 Å². The third kappa shape index (κ3) is 3.16. The third-order valence-corrected chi connectivity index (χ3v) is 3.76. The fraction of sp³-hybridized carbons (Fsp3) is 0.353. The molecular formula is C17H22N2O2. The van der Waals surface area contributed by atoms with Gasteiger partial charge in [-0.3, -0.25) is 4.79 Å². The summed E-state index contributed by atoms with van der Waals surface area (Å²) in [7, 11) is 1.63. The van der Waals surface area contributed by atoms with Gasteiger partial charge >= 0.3 is 0 Å². The summed E-state index contributed by atoms with van der Waals surface area (Å²) in [5, 5.41) is 1.10. The maximum absolute atomic E-state index is 12.6. The van der Waals surface area contributed by atoms with Crippen LogP contribution in [0.1, 0.15) is 21.6 Å². The Kier molecular flexibility index (Phi) is 4.81. The lowest BCUT2D eigenvalue weighted by Crippen LogP contribution is -2.34. The lowest BCUT2D eigenvalue weighted by Gasteiger charge is -2.20. The first kappa shape index (κ1) is 15.3. The van der Waals surface area contributed by atoms with Crippen LogP contribution in [0.25, 0.3) is 10.9 Å². The third-order valence-electron chi connectivity index (χ3n) is 3.76. The Labute approximate surface area is 125 Å². The number of aryl methyl sites for hydroxylation is 2. The van der Waals surface area contributed by atoms with Crippen LogP contribution in [0, 0.1) is 13.8 Å². The molecule has 0 saturated carbocycles. The second kappa shape index (κ2) is 6.59. The Morgan fingerprint density at radius 2 is 2.19 bits per heavy atom. The molecule has 2 rings (SSSR count). The van der Waals surface area contributed by atoms with Crippen molar-refractivity contribution in [1.82, 2.24) is 9.88 Å². The van der Waals surface area contributed by atoms with Crippen LogP contribution in [-0.4, -0.2) is 42.6 Å². The molecule has 0 atom stereocenters. The summed E-state index contributed by atoms with van der Waals surface area (Å²) in [6.45, 7) is 9.42. The van der Waals surface area contributed by atoms with Crippen LogP contribution in [0.3, 0.4) is 0 Å². The van der Waals surface area contributed by atoms with Crippen LogP contribution in [0.4, 0.5) is 0 Å². The van der Waals surface area contributed by atoms with Crippen LogP contribution in [0.15, 0.2) is 30.9 Å². The van der Waals surface area contributed by atoms with Crippen molar-refractivity contribution < 1.29 is 9.53 Å². The van der Waals surface area contributed by atoms with Crippen LogP contribution in [0.2, 0.25) is 0 Å². The van der Waals surface area contributed by atoms with Crippen molar-refractivity contribution in [2.24, 2.45) is 0 Å². The van der Waals surface area contributed by atoms with Gasteiger partial charge in [0.25, 0.3) is 5.91 Å². The summed E-state index contributed by atoms with van der Waals surface area (Å²) in [5.74, 6) is 0.00658. The van der Waals surface area contributed by atoms with Crippen molar-refractivity contribution in [2.45, 2.75) is 13.8 Å². The van der Waals surface area contributed by atoms with E-state index in [0.717, 1.165) is 16.6 Å². The molecule has 21 heavy (non-hydrogen) atoms. The number of aromatic amines is 1. The molecule has 1 heterocycles. The highest BCUT2D eigenvalue weighted by atomic mass is 16.5. The molecular weight excluding hydrogens is 264 g/mol. The molecule has 0 aliphatic heterocycles. The molecule has 4 nitrogen and oxygen atoms in total. The number of carbonyl (C=O) groups excluding carboxylic acids is 1. The number of rotatable bonds is 6. The zero-order valence-electron chi connectivity index (χ0n) is 12.9. The predicted molar refractivity (Wildman–Crippen MR) is 85.7 cm³/mol. The number of carbonyl (C=O) groups is 1. The number of amides is 1. The maximum atomic E-state index is 12.6. The molecule has 1 aromatic heterocycles. The highest BCUT2D eigenvalue weighted by Crippen LogP contribution is 2.23. The molecule has 1 aromatic carbocycles. The summed E-state index contributed by atoms with van der Waals surface area (Å²) in [6, 6.07) is 5.79. The van der Waals surface area contributed by atoms with Crippen molar-refractivity contribution in [3.63, 3.8) is 0 Å². The maximum Gasteiger partial charge on any atom is 0.254 e. The molecule has 0 unspecified atom stereocenters. The standard InChI is InChI=1S/C17H22N2O2/c1-5-8-19(9-10-21-4)17(20)14-6-7-16-15(11-14)12(2)13(3)18-16/h5-7,11,18H,1,8-10H2,2-4H3. The van der Waals surface area contributed by atoms with Gasteiger partial charge in [0, 0.05) is 42.4 Å². The van der Waals surface area contributed by atoms with E-state index in [1.807, 2.05) is 25.1 Å². The molecule has 0 spiro atoms. The van der Waals surface area contributed by atoms with Gasteiger partial charge in [0.05, 0.1) is 6.61 Å². The molecule has 0 aliphatic carbocycles. The molecule has 112 valence electrons. The van der Waals surface area contributed by atoms with Gasteiger partial charge in [-0.05, 0) is 37.6 Å². The average Bonchev–Trinajstić information content (AvgIpc) is 2.77. The first-order valence-corrected chi connectivity index (χ1v) is 7.06. The topological polar surface area (TPSA) is 45.3 Å². The molecule has 2 aromatic rings. The van der Waals surface area contributed by atoms with Gasteiger partial charge < -0.3 is 14.6 Å². The van der Waals surface area contributed by atoms with E-state index in [-0.39, 0.29) is 5.91 Å². The molecule has 0 saturated heterocycles. The van der Waals surface area contributed by atoms with E-state index in [2.05, 4.69) is 18.5 Å². The minimum Gasteiger partial charge on any atom is -0.383 e. The van der Waals surface area contributed by atoms with E-state index in [4.69, 9.17) is 4.74 Å². The smallest absolute Gasteiger partial charge is 0.254 e. The SMILES string of the molecule is C=CCN(CCOC)C(=O)c1ccc2[nH]c(C)c(C)c2c1. The summed E-state index contributed by atoms with van der Waals surface area (Å²) >= 11 is 0. The van der Waals surface area contributed by atoms with Gasteiger partial charge in [-0.15, -0.1) is 6.58 Å². The highest BCUT2D eigenvalue weighted by molar-refractivity contribution is 5.99. The van der Waals surface area contributed by atoms with Crippen molar-refractivity contribution in [3.8, 4) is 0 Å². The zero-order valence-corrected chi connectivity index (χ0v) is 12.9. The Morgan fingerprint density at radius 1 is 1.43 bits per heavy atom. The lowest BCUT2D eigenvalue weighted by molar-refractivity contribution is 0.0718. The number of fused-ring (bicyclic) bond motifs is 1. The summed E-state index contributed by atoms with van der Waals surface area (Å²) < 4.78 is 5.06. The first-order valence-electron chi connectivity index (χ1n) is 7.06. The number of ether oxygens (including phenoxy) is 1. The van der Waals surface area contributed by atoms with Gasteiger partial charge in [-0.2, -0.15) is 0 Å². The van der Waals surface area contributed by atoms with Crippen LogP contribution < -0.4 is 0 Å². The van der Waals surface area contributed by atoms with E-state index >= 15 is 0 Å². The fourth-order valence-corrected chi connectivity index (χ4v) is 2.41. The zero-order chi connectivity index (χ0) is 15.4. The minimum absolute atomic E-state index is 0.00658. The quantitative estimate of drug-likeness (QED) is 0.830. The molecule has 0 bridgehead atoms. The summed E-state index contributed by atoms with van der Waals surface area (Å²) in [6.07, 6.45) is 1.73. The Balaban J connectivity index is 2.32. The molecule has 1 N–H and O–H groups in total. The lowest BCUT2D eigenvalue weighted by atomic mass is 10.1. The second-order valence-corrected chi connectivity index (χ2v) is 5.17. The Hall–Kier alpha value is -2.07. The van der Waals surface area contributed by atoms with Crippen LogP contribution in [-0.2, 0) is 4.74 Å². The van der Waals surface area contributed by atoms with Gasteiger partial charge in [0.15, 0.2) is 0 Å². The van der Waals surface area contributed by atoms with Crippen molar-refractivity contribution in [3.05, 3.63) is 47.7 Å². The molecule has 0 aliphatic rings. The number of benzene rings is 1. The molecule has 4 heteroatoms. The second-order valence-electron chi connectivity index (χ2n) is 5.17. The summed E-state index contributed by atoms with van der Waals surface area (Å²) in [5.41, 5.74) is 4.08. The first-order chi connectivity index (χ1) is 10.1. The monoisotopic (exact) mass is 286 g/mol. The number of hydrogen-bond donors (Lipinski definition) is 1. The number of aromatic nitrogens is 1. The molecule has 0 radical (unpaired) electrons. The number of H-pyrrole nitrogens is 1. The molecule has 0 fully saturated rings. The molecule has 1 amide bonds.